The first-order valence-electron chi connectivity index (χ1n) is 5.52. The molecule has 1 aromatic rings. The highest BCUT2D eigenvalue weighted by atomic mass is 16.6. The third-order valence-corrected chi connectivity index (χ3v) is 2.08. The van der Waals surface area contributed by atoms with Crippen LogP contribution in [-0.4, -0.2) is 23.0 Å². The van der Waals surface area contributed by atoms with E-state index in [9.17, 15) is 14.9 Å². The van der Waals surface area contributed by atoms with Crippen LogP contribution in [0.3, 0.4) is 0 Å². The van der Waals surface area contributed by atoms with E-state index in [4.69, 9.17) is 9.47 Å². The highest BCUT2D eigenvalue weighted by Crippen LogP contribution is 2.27. The second-order valence-corrected chi connectivity index (χ2v) is 4.00. The van der Waals surface area contributed by atoms with Crippen molar-refractivity contribution in [3.63, 3.8) is 0 Å². The summed E-state index contributed by atoms with van der Waals surface area (Å²) < 4.78 is 10.4. The van der Waals surface area contributed by atoms with Crippen LogP contribution in [0.2, 0.25) is 0 Å². The fourth-order valence-electron chi connectivity index (χ4n) is 1.17. The third-order valence-electron chi connectivity index (χ3n) is 2.08. The van der Waals surface area contributed by atoms with Crippen molar-refractivity contribution in [3.05, 3.63) is 34.4 Å². The molecule has 0 heterocycles. The van der Waals surface area contributed by atoms with E-state index in [2.05, 4.69) is 0 Å². The van der Waals surface area contributed by atoms with E-state index >= 15 is 0 Å². The zero-order valence-corrected chi connectivity index (χ0v) is 10.5. The average molecular weight is 253 g/mol. The minimum Gasteiger partial charge on any atom is -0.487 e. The Morgan fingerprint density at radius 3 is 2.28 bits per heavy atom. The number of nitro groups is 1. The standard InChI is InChI=1S/C12H15NO5/c1-8(2)17-10-6-4-5-7-11(10)18-12(14)9(3)13(15)16/h4-9H,1-3H3. The van der Waals surface area contributed by atoms with Gasteiger partial charge in [0, 0.05) is 11.8 Å². The molecule has 0 aliphatic heterocycles. The summed E-state index contributed by atoms with van der Waals surface area (Å²) in [6.45, 7) is 4.84. The Labute approximate surface area is 105 Å². The van der Waals surface area contributed by atoms with E-state index in [1.165, 1.54) is 13.0 Å². The van der Waals surface area contributed by atoms with Crippen LogP contribution in [0, 0.1) is 10.1 Å². The van der Waals surface area contributed by atoms with Crippen LogP contribution < -0.4 is 9.47 Å². The molecule has 0 aromatic heterocycles. The second kappa shape index (κ2) is 6.00. The minimum absolute atomic E-state index is 0.0854. The van der Waals surface area contributed by atoms with E-state index in [0.29, 0.717) is 5.75 Å². The maximum absolute atomic E-state index is 11.5. The van der Waals surface area contributed by atoms with Crippen molar-refractivity contribution in [2.75, 3.05) is 0 Å². The monoisotopic (exact) mass is 253 g/mol. The van der Waals surface area contributed by atoms with Gasteiger partial charge in [0.15, 0.2) is 11.5 Å². The Morgan fingerprint density at radius 2 is 1.78 bits per heavy atom. The number of benzene rings is 1. The lowest BCUT2D eigenvalue weighted by Gasteiger charge is -2.13. The number of rotatable bonds is 5. The van der Waals surface area contributed by atoms with Crippen LogP contribution in [-0.2, 0) is 4.79 Å². The maximum atomic E-state index is 11.5. The van der Waals surface area contributed by atoms with Crippen LogP contribution in [0.15, 0.2) is 24.3 Å². The molecule has 1 unspecified atom stereocenters. The molecule has 1 atom stereocenters. The van der Waals surface area contributed by atoms with Crippen LogP contribution in [0.25, 0.3) is 0 Å². The summed E-state index contributed by atoms with van der Waals surface area (Å²) in [5, 5.41) is 10.5. The third kappa shape index (κ3) is 3.73. The van der Waals surface area contributed by atoms with E-state index in [1.807, 2.05) is 13.8 Å². The Morgan fingerprint density at radius 1 is 1.22 bits per heavy atom. The Hall–Kier alpha value is -2.11. The number of hydrogen-bond acceptors (Lipinski definition) is 5. The molecule has 0 fully saturated rings. The quantitative estimate of drug-likeness (QED) is 0.347. The van der Waals surface area contributed by atoms with Gasteiger partial charge in [-0.3, -0.25) is 10.1 Å². The number of para-hydroxylation sites is 2. The zero-order chi connectivity index (χ0) is 13.7. The zero-order valence-electron chi connectivity index (χ0n) is 10.5. The Balaban J connectivity index is 2.84. The van der Waals surface area contributed by atoms with E-state index in [1.54, 1.807) is 18.2 Å². The second-order valence-electron chi connectivity index (χ2n) is 4.00. The number of ether oxygens (including phenoxy) is 2. The van der Waals surface area contributed by atoms with E-state index < -0.39 is 16.9 Å². The Bertz CT molecular complexity index is 444. The fraction of sp³-hybridized carbons (Fsp3) is 0.417. The molecule has 6 heteroatoms. The Kier molecular flexibility index (Phi) is 4.65. The van der Waals surface area contributed by atoms with Gasteiger partial charge in [-0.05, 0) is 26.0 Å². The first kappa shape index (κ1) is 14.0. The van der Waals surface area contributed by atoms with Crippen molar-refractivity contribution in [2.24, 2.45) is 0 Å². The predicted octanol–water partition coefficient (Wildman–Crippen LogP) is 2.04. The summed E-state index contributed by atoms with van der Waals surface area (Å²) in [6, 6.07) is 5.15. The number of hydrogen-bond donors (Lipinski definition) is 0. The molecular weight excluding hydrogens is 238 g/mol. The van der Waals surface area contributed by atoms with Crippen LogP contribution >= 0.6 is 0 Å². The maximum Gasteiger partial charge on any atom is 0.386 e. The van der Waals surface area contributed by atoms with Gasteiger partial charge >= 0.3 is 12.0 Å². The topological polar surface area (TPSA) is 78.7 Å². The molecule has 0 radical (unpaired) electrons. The van der Waals surface area contributed by atoms with E-state index in [0.717, 1.165) is 0 Å². The van der Waals surface area contributed by atoms with Gasteiger partial charge in [0.2, 0.25) is 0 Å². The van der Waals surface area contributed by atoms with Gasteiger partial charge in [-0.15, -0.1) is 0 Å². The predicted molar refractivity (Wildman–Crippen MR) is 64.3 cm³/mol. The van der Waals surface area contributed by atoms with Crippen molar-refractivity contribution in [3.8, 4) is 11.5 Å². The summed E-state index contributed by atoms with van der Waals surface area (Å²) in [5.41, 5.74) is 0. The number of nitrogens with zero attached hydrogens (tertiary/aromatic N) is 1. The summed E-state index contributed by atoms with van der Waals surface area (Å²) in [5.74, 6) is -0.346. The highest BCUT2D eigenvalue weighted by Gasteiger charge is 2.26. The molecule has 98 valence electrons. The van der Waals surface area contributed by atoms with E-state index in [-0.39, 0.29) is 11.9 Å². The van der Waals surface area contributed by atoms with Gasteiger partial charge < -0.3 is 9.47 Å². The number of esters is 1. The molecule has 0 aliphatic carbocycles. The van der Waals surface area contributed by atoms with Crippen molar-refractivity contribution in [1.82, 2.24) is 0 Å². The smallest absolute Gasteiger partial charge is 0.386 e. The summed E-state index contributed by atoms with van der Waals surface area (Å²) in [7, 11) is 0. The molecule has 0 aliphatic rings. The molecule has 6 nitrogen and oxygen atoms in total. The van der Waals surface area contributed by atoms with Gasteiger partial charge in [-0.25, -0.2) is 4.79 Å². The molecule has 0 N–H and O–H groups in total. The molecule has 0 amide bonds. The molecule has 0 saturated carbocycles. The summed E-state index contributed by atoms with van der Waals surface area (Å²) in [4.78, 5) is 21.2. The molecular formula is C12H15NO5. The summed E-state index contributed by atoms with van der Waals surface area (Å²) >= 11 is 0. The normalized spacial score (nSPS) is 12.0. The van der Waals surface area contributed by atoms with Crippen molar-refractivity contribution >= 4 is 5.97 Å². The van der Waals surface area contributed by atoms with Gasteiger partial charge in [0.1, 0.15) is 0 Å². The lowest BCUT2D eigenvalue weighted by atomic mass is 10.3. The highest BCUT2D eigenvalue weighted by molar-refractivity contribution is 5.77. The van der Waals surface area contributed by atoms with Gasteiger partial charge in [-0.2, -0.15) is 0 Å². The first-order chi connectivity index (χ1) is 8.41. The molecule has 1 rings (SSSR count). The van der Waals surface area contributed by atoms with Gasteiger partial charge in [0.05, 0.1) is 6.10 Å². The fourth-order valence-corrected chi connectivity index (χ4v) is 1.17. The first-order valence-corrected chi connectivity index (χ1v) is 5.52. The van der Waals surface area contributed by atoms with Crippen molar-refractivity contribution in [2.45, 2.75) is 32.9 Å². The molecule has 1 aromatic carbocycles. The van der Waals surface area contributed by atoms with Crippen LogP contribution in [0.5, 0.6) is 11.5 Å². The van der Waals surface area contributed by atoms with Crippen LogP contribution in [0.4, 0.5) is 0 Å². The van der Waals surface area contributed by atoms with Crippen molar-refractivity contribution < 1.29 is 19.2 Å². The van der Waals surface area contributed by atoms with Crippen molar-refractivity contribution in [1.29, 1.82) is 0 Å². The molecule has 18 heavy (non-hydrogen) atoms. The molecule has 0 spiro atoms. The van der Waals surface area contributed by atoms with Crippen LogP contribution in [0.1, 0.15) is 20.8 Å². The SMILES string of the molecule is CC(C)Oc1ccccc1OC(=O)C(C)[N+](=O)[O-]. The lowest BCUT2D eigenvalue weighted by molar-refractivity contribution is -0.505. The van der Waals surface area contributed by atoms with Gasteiger partial charge in [0.25, 0.3) is 0 Å². The molecule has 0 saturated heterocycles. The largest absolute Gasteiger partial charge is 0.487 e. The summed E-state index contributed by atoms with van der Waals surface area (Å²) in [6.07, 6.45) is -0.0854. The van der Waals surface area contributed by atoms with Gasteiger partial charge in [-0.1, -0.05) is 12.1 Å². The number of carbonyl (C=O) groups excluding carboxylic acids is 1. The minimum atomic E-state index is -1.41. The number of carbonyl (C=O) groups is 1. The molecule has 0 bridgehead atoms. The lowest BCUT2D eigenvalue weighted by Crippen LogP contribution is -2.30. The average Bonchev–Trinajstić information content (AvgIpc) is 2.29.